The Morgan fingerprint density at radius 1 is 1.71 bits per heavy atom. The second kappa shape index (κ2) is 4.95. The molecule has 0 radical (unpaired) electrons. The Bertz CT molecular complexity index is 230. The first-order chi connectivity index (χ1) is 6.65. The minimum Gasteiger partial charge on any atom is -0.452 e. The summed E-state index contributed by atoms with van der Waals surface area (Å²) in [7, 11) is 0. The first-order valence-corrected chi connectivity index (χ1v) is 4.81. The zero-order valence-corrected chi connectivity index (χ0v) is 8.36. The van der Waals surface area contributed by atoms with E-state index < -0.39 is 12.1 Å². The van der Waals surface area contributed by atoms with Crippen LogP contribution < -0.4 is 5.73 Å². The van der Waals surface area contributed by atoms with E-state index in [9.17, 15) is 9.59 Å². The summed E-state index contributed by atoms with van der Waals surface area (Å²) >= 11 is 0. The summed E-state index contributed by atoms with van der Waals surface area (Å²) in [5.41, 5.74) is 5.34. The summed E-state index contributed by atoms with van der Waals surface area (Å²) < 4.78 is 4.87. The van der Waals surface area contributed by atoms with E-state index in [0.717, 1.165) is 6.42 Å². The summed E-state index contributed by atoms with van der Waals surface area (Å²) in [5.74, 6) is -0.488. The van der Waals surface area contributed by atoms with E-state index >= 15 is 0 Å². The maximum atomic E-state index is 11.6. The third kappa shape index (κ3) is 2.70. The van der Waals surface area contributed by atoms with E-state index in [4.69, 9.17) is 10.5 Å². The second-order valence-corrected chi connectivity index (χ2v) is 3.35. The van der Waals surface area contributed by atoms with E-state index in [0.29, 0.717) is 26.1 Å². The van der Waals surface area contributed by atoms with Crippen LogP contribution in [0.1, 0.15) is 19.8 Å². The lowest BCUT2D eigenvalue weighted by molar-refractivity contribution is -0.154. The molecule has 1 aliphatic rings. The Hall–Kier alpha value is -1.10. The van der Waals surface area contributed by atoms with Gasteiger partial charge in [-0.3, -0.25) is 9.59 Å². The third-order valence-corrected chi connectivity index (χ3v) is 2.19. The molecule has 1 heterocycles. The molecular weight excluding hydrogens is 184 g/mol. The largest absolute Gasteiger partial charge is 0.452 e. The van der Waals surface area contributed by atoms with E-state index in [1.807, 2.05) is 0 Å². The summed E-state index contributed by atoms with van der Waals surface area (Å²) in [6.45, 7) is 3.21. The topological polar surface area (TPSA) is 72.6 Å². The highest BCUT2D eigenvalue weighted by atomic mass is 16.5. The molecule has 1 amide bonds. The number of nitrogens with zero attached hydrogens (tertiary/aromatic N) is 1. The molecule has 0 spiro atoms. The molecule has 1 saturated heterocycles. The molecule has 5 nitrogen and oxygen atoms in total. The first kappa shape index (κ1) is 11.0. The SMILES string of the molecule is CC(=O)OC1CCN(CCCN)C1=O. The lowest BCUT2D eigenvalue weighted by Crippen LogP contribution is -2.33. The number of ether oxygens (including phenoxy) is 1. The third-order valence-electron chi connectivity index (χ3n) is 2.19. The van der Waals surface area contributed by atoms with Crippen molar-refractivity contribution in [3.63, 3.8) is 0 Å². The normalized spacial score (nSPS) is 21.4. The summed E-state index contributed by atoms with van der Waals surface area (Å²) in [4.78, 5) is 23.9. The average Bonchev–Trinajstić information content (AvgIpc) is 2.45. The van der Waals surface area contributed by atoms with Gasteiger partial charge in [0.2, 0.25) is 0 Å². The van der Waals surface area contributed by atoms with Crippen molar-refractivity contribution in [1.82, 2.24) is 4.90 Å². The molecule has 0 aliphatic carbocycles. The van der Waals surface area contributed by atoms with Gasteiger partial charge in [0.25, 0.3) is 5.91 Å². The number of esters is 1. The molecule has 1 fully saturated rings. The number of carbonyl (C=O) groups excluding carboxylic acids is 2. The Balaban J connectivity index is 2.39. The van der Waals surface area contributed by atoms with Crippen molar-refractivity contribution in [2.45, 2.75) is 25.9 Å². The lowest BCUT2D eigenvalue weighted by atomic mass is 10.3. The van der Waals surface area contributed by atoms with E-state index in [-0.39, 0.29) is 5.91 Å². The van der Waals surface area contributed by atoms with E-state index in [1.54, 1.807) is 4.90 Å². The van der Waals surface area contributed by atoms with E-state index in [2.05, 4.69) is 0 Å². The fourth-order valence-electron chi connectivity index (χ4n) is 1.52. The molecule has 0 aromatic heterocycles. The van der Waals surface area contributed by atoms with Crippen LogP contribution in [0.4, 0.5) is 0 Å². The van der Waals surface area contributed by atoms with Crippen LogP contribution in [0.5, 0.6) is 0 Å². The van der Waals surface area contributed by atoms with Crippen LogP contribution in [0.2, 0.25) is 0 Å². The molecule has 1 aliphatic heterocycles. The number of amides is 1. The Morgan fingerprint density at radius 2 is 2.43 bits per heavy atom. The molecular formula is C9H16N2O3. The zero-order valence-electron chi connectivity index (χ0n) is 8.36. The molecule has 1 atom stereocenters. The van der Waals surface area contributed by atoms with Crippen LogP contribution in [-0.2, 0) is 14.3 Å². The van der Waals surface area contributed by atoms with Gasteiger partial charge >= 0.3 is 5.97 Å². The van der Waals surface area contributed by atoms with Crippen molar-refractivity contribution < 1.29 is 14.3 Å². The van der Waals surface area contributed by atoms with Gasteiger partial charge in [0.15, 0.2) is 6.10 Å². The minimum absolute atomic E-state index is 0.0892. The smallest absolute Gasteiger partial charge is 0.303 e. The van der Waals surface area contributed by atoms with Crippen LogP contribution >= 0.6 is 0 Å². The fraction of sp³-hybridized carbons (Fsp3) is 0.778. The van der Waals surface area contributed by atoms with Gasteiger partial charge in [0.05, 0.1) is 0 Å². The first-order valence-electron chi connectivity index (χ1n) is 4.81. The van der Waals surface area contributed by atoms with Crippen molar-refractivity contribution in [2.75, 3.05) is 19.6 Å². The number of hydrogen-bond donors (Lipinski definition) is 1. The van der Waals surface area contributed by atoms with Gasteiger partial charge in [0.1, 0.15) is 0 Å². The molecule has 14 heavy (non-hydrogen) atoms. The molecule has 1 rings (SSSR count). The highest BCUT2D eigenvalue weighted by molar-refractivity contribution is 5.85. The van der Waals surface area contributed by atoms with Gasteiger partial charge in [-0.05, 0) is 13.0 Å². The maximum absolute atomic E-state index is 11.6. The fourth-order valence-corrected chi connectivity index (χ4v) is 1.52. The predicted molar refractivity (Wildman–Crippen MR) is 50.4 cm³/mol. The summed E-state index contributed by atoms with van der Waals surface area (Å²) in [6.07, 6.45) is 0.826. The Labute approximate surface area is 83.2 Å². The standard InChI is InChI=1S/C9H16N2O3/c1-7(12)14-8-3-6-11(9(8)13)5-2-4-10/h8H,2-6,10H2,1H3. The Kier molecular flexibility index (Phi) is 3.88. The molecule has 0 aromatic carbocycles. The Morgan fingerprint density at radius 3 is 3.00 bits per heavy atom. The molecule has 80 valence electrons. The van der Waals surface area contributed by atoms with Crippen molar-refractivity contribution in [2.24, 2.45) is 5.73 Å². The summed E-state index contributed by atoms with van der Waals surface area (Å²) in [5, 5.41) is 0. The van der Waals surface area contributed by atoms with Crippen LogP contribution in [0.25, 0.3) is 0 Å². The molecule has 1 unspecified atom stereocenters. The average molecular weight is 200 g/mol. The minimum atomic E-state index is -0.565. The van der Waals surface area contributed by atoms with Gasteiger partial charge in [0, 0.05) is 26.4 Å². The number of hydrogen-bond acceptors (Lipinski definition) is 4. The zero-order chi connectivity index (χ0) is 10.6. The highest BCUT2D eigenvalue weighted by Crippen LogP contribution is 2.14. The van der Waals surface area contributed by atoms with Crippen LogP contribution in [0, 0.1) is 0 Å². The van der Waals surface area contributed by atoms with Gasteiger partial charge < -0.3 is 15.4 Å². The monoisotopic (exact) mass is 200 g/mol. The number of rotatable bonds is 4. The summed E-state index contributed by atoms with van der Waals surface area (Å²) in [6, 6.07) is 0. The van der Waals surface area contributed by atoms with Gasteiger partial charge in [-0.2, -0.15) is 0 Å². The molecule has 0 aromatic rings. The molecule has 5 heteroatoms. The van der Waals surface area contributed by atoms with Gasteiger partial charge in [-0.25, -0.2) is 0 Å². The molecule has 0 bridgehead atoms. The number of nitrogens with two attached hydrogens (primary N) is 1. The van der Waals surface area contributed by atoms with Crippen molar-refractivity contribution in [3.05, 3.63) is 0 Å². The number of likely N-dealkylation sites (tertiary alicyclic amines) is 1. The second-order valence-electron chi connectivity index (χ2n) is 3.35. The maximum Gasteiger partial charge on any atom is 0.303 e. The number of carbonyl (C=O) groups is 2. The van der Waals surface area contributed by atoms with Crippen molar-refractivity contribution in [3.8, 4) is 0 Å². The quantitative estimate of drug-likeness (QED) is 0.621. The lowest BCUT2D eigenvalue weighted by Gasteiger charge is -2.15. The predicted octanol–water partition coefficient (Wildman–Crippen LogP) is -0.501. The van der Waals surface area contributed by atoms with E-state index in [1.165, 1.54) is 6.92 Å². The van der Waals surface area contributed by atoms with Crippen molar-refractivity contribution in [1.29, 1.82) is 0 Å². The van der Waals surface area contributed by atoms with Crippen LogP contribution in [0.15, 0.2) is 0 Å². The van der Waals surface area contributed by atoms with Crippen LogP contribution in [-0.4, -0.2) is 42.5 Å². The van der Waals surface area contributed by atoms with Gasteiger partial charge in [-0.15, -0.1) is 0 Å². The molecule has 0 saturated carbocycles. The van der Waals surface area contributed by atoms with Gasteiger partial charge in [-0.1, -0.05) is 0 Å². The van der Waals surface area contributed by atoms with Crippen molar-refractivity contribution >= 4 is 11.9 Å². The molecule has 2 N–H and O–H groups in total. The highest BCUT2D eigenvalue weighted by Gasteiger charge is 2.33. The van der Waals surface area contributed by atoms with Crippen LogP contribution in [0.3, 0.4) is 0 Å².